The van der Waals surface area contributed by atoms with Crippen LogP contribution in [0.3, 0.4) is 0 Å². The summed E-state index contributed by atoms with van der Waals surface area (Å²) in [4.78, 5) is 0. The van der Waals surface area contributed by atoms with Crippen LogP contribution in [0.15, 0.2) is 18.3 Å². The van der Waals surface area contributed by atoms with Crippen LogP contribution in [0.5, 0.6) is 5.75 Å². The third-order valence-corrected chi connectivity index (χ3v) is 2.08. The van der Waals surface area contributed by atoms with Gasteiger partial charge in [0, 0.05) is 17.5 Å². The highest BCUT2D eigenvalue weighted by Gasteiger charge is 2.07. The van der Waals surface area contributed by atoms with Crippen molar-refractivity contribution in [1.82, 2.24) is 10.2 Å². The average molecular weight is 177 g/mol. The molecule has 2 rings (SSSR count). The molecule has 0 radical (unpaired) electrons. The van der Waals surface area contributed by atoms with Crippen molar-refractivity contribution >= 4 is 10.9 Å². The lowest BCUT2D eigenvalue weighted by Gasteiger charge is -2.06. The average Bonchev–Trinajstić information content (AvgIpc) is 2.63. The molecule has 3 N–H and O–H groups in total. The van der Waals surface area contributed by atoms with Gasteiger partial charge in [-0.2, -0.15) is 5.10 Å². The van der Waals surface area contributed by atoms with Crippen LogP contribution in [0.1, 0.15) is 5.56 Å². The Balaban J connectivity index is 2.74. The van der Waals surface area contributed by atoms with Crippen LogP contribution >= 0.6 is 0 Å². The Bertz CT molecular complexity index is 422. The largest absolute Gasteiger partial charge is 0.494 e. The molecule has 1 aromatic carbocycles. The Morgan fingerprint density at radius 2 is 2.38 bits per heavy atom. The van der Waals surface area contributed by atoms with Gasteiger partial charge in [0.15, 0.2) is 0 Å². The first-order chi connectivity index (χ1) is 6.36. The van der Waals surface area contributed by atoms with E-state index in [0.717, 1.165) is 22.2 Å². The van der Waals surface area contributed by atoms with E-state index in [2.05, 4.69) is 10.2 Å². The highest BCUT2D eigenvalue weighted by atomic mass is 16.5. The van der Waals surface area contributed by atoms with Crippen LogP contribution in [0.2, 0.25) is 0 Å². The zero-order valence-corrected chi connectivity index (χ0v) is 7.37. The van der Waals surface area contributed by atoms with E-state index in [1.54, 1.807) is 13.3 Å². The van der Waals surface area contributed by atoms with Crippen molar-refractivity contribution in [2.45, 2.75) is 6.54 Å². The predicted octanol–water partition coefficient (Wildman–Crippen LogP) is 1.03. The maximum atomic E-state index is 5.57. The number of aromatic amines is 1. The first-order valence-corrected chi connectivity index (χ1v) is 4.06. The van der Waals surface area contributed by atoms with Crippen molar-refractivity contribution in [2.75, 3.05) is 7.11 Å². The molecule has 4 heteroatoms. The summed E-state index contributed by atoms with van der Waals surface area (Å²) in [6.07, 6.45) is 1.76. The molecule has 0 fully saturated rings. The molecule has 0 spiro atoms. The van der Waals surface area contributed by atoms with Crippen molar-refractivity contribution in [2.24, 2.45) is 5.73 Å². The first kappa shape index (κ1) is 8.07. The Morgan fingerprint density at radius 3 is 3.08 bits per heavy atom. The van der Waals surface area contributed by atoms with E-state index in [9.17, 15) is 0 Å². The summed E-state index contributed by atoms with van der Waals surface area (Å²) in [5, 5.41) is 7.86. The number of benzene rings is 1. The van der Waals surface area contributed by atoms with E-state index in [1.807, 2.05) is 12.1 Å². The summed E-state index contributed by atoms with van der Waals surface area (Å²) in [7, 11) is 1.63. The Labute approximate surface area is 75.7 Å². The minimum absolute atomic E-state index is 0.470. The standard InChI is InChI=1S/C9H11N3O/c1-13-9-6(4-10)2-3-7-5-11-12-8(7)9/h2-3,5H,4,10H2,1H3,(H,11,12). The number of H-pyrrole nitrogens is 1. The van der Waals surface area contributed by atoms with Crippen molar-refractivity contribution in [3.63, 3.8) is 0 Å². The zero-order chi connectivity index (χ0) is 9.26. The molecule has 1 aromatic heterocycles. The fourth-order valence-corrected chi connectivity index (χ4v) is 1.42. The molecule has 4 nitrogen and oxygen atoms in total. The molecule has 0 unspecified atom stereocenters. The molecule has 13 heavy (non-hydrogen) atoms. The van der Waals surface area contributed by atoms with Gasteiger partial charge in [0.1, 0.15) is 11.3 Å². The minimum atomic E-state index is 0.470. The van der Waals surface area contributed by atoms with E-state index in [1.165, 1.54) is 0 Å². The monoisotopic (exact) mass is 177 g/mol. The molecule has 2 aromatic rings. The summed E-state index contributed by atoms with van der Waals surface area (Å²) in [6.45, 7) is 0.470. The van der Waals surface area contributed by atoms with Gasteiger partial charge in [0.05, 0.1) is 13.3 Å². The van der Waals surface area contributed by atoms with E-state index in [-0.39, 0.29) is 0 Å². The third kappa shape index (κ3) is 1.15. The highest BCUT2D eigenvalue weighted by Crippen LogP contribution is 2.27. The number of ether oxygens (including phenoxy) is 1. The summed E-state index contributed by atoms with van der Waals surface area (Å²) in [6, 6.07) is 3.93. The van der Waals surface area contributed by atoms with Crippen molar-refractivity contribution < 1.29 is 4.74 Å². The molecule has 0 bridgehead atoms. The number of nitrogens with zero attached hydrogens (tertiary/aromatic N) is 1. The normalized spacial score (nSPS) is 10.6. The van der Waals surface area contributed by atoms with Crippen molar-refractivity contribution in [3.8, 4) is 5.75 Å². The molecule has 1 heterocycles. The second kappa shape index (κ2) is 3.06. The molecular formula is C9H11N3O. The summed E-state index contributed by atoms with van der Waals surface area (Å²) in [5.41, 5.74) is 7.46. The maximum absolute atomic E-state index is 5.57. The van der Waals surface area contributed by atoms with Gasteiger partial charge in [0.2, 0.25) is 0 Å². The van der Waals surface area contributed by atoms with E-state index >= 15 is 0 Å². The first-order valence-electron chi connectivity index (χ1n) is 4.06. The van der Waals surface area contributed by atoms with Gasteiger partial charge in [-0.1, -0.05) is 12.1 Å². The summed E-state index contributed by atoms with van der Waals surface area (Å²) < 4.78 is 5.26. The molecule has 0 amide bonds. The lowest BCUT2D eigenvalue weighted by molar-refractivity contribution is 0.414. The number of aromatic nitrogens is 2. The van der Waals surface area contributed by atoms with Gasteiger partial charge in [-0.15, -0.1) is 0 Å². The second-order valence-electron chi connectivity index (χ2n) is 2.80. The minimum Gasteiger partial charge on any atom is -0.494 e. The molecule has 0 saturated carbocycles. The predicted molar refractivity (Wildman–Crippen MR) is 50.5 cm³/mol. The van der Waals surface area contributed by atoms with E-state index in [0.29, 0.717) is 6.54 Å². The van der Waals surface area contributed by atoms with E-state index in [4.69, 9.17) is 10.5 Å². The topological polar surface area (TPSA) is 63.9 Å². The van der Waals surface area contributed by atoms with Crippen LogP contribution in [0, 0.1) is 0 Å². The van der Waals surface area contributed by atoms with Crippen molar-refractivity contribution in [1.29, 1.82) is 0 Å². The Morgan fingerprint density at radius 1 is 1.54 bits per heavy atom. The fourth-order valence-electron chi connectivity index (χ4n) is 1.42. The lowest BCUT2D eigenvalue weighted by atomic mass is 10.1. The smallest absolute Gasteiger partial charge is 0.148 e. The van der Waals surface area contributed by atoms with Crippen LogP contribution in [-0.4, -0.2) is 17.3 Å². The number of nitrogens with two attached hydrogens (primary N) is 1. The number of nitrogens with one attached hydrogen (secondary N) is 1. The fraction of sp³-hybridized carbons (Fsp3) is 0.222. The quantitative estimate of drug-likeness (QED) is 0.720. The molecule has 0 aliphatic rings. The van der Waals surface area contributed by atoms with Gasteiger partial charge in [-0.25, -0.2) is 0 Å². The van der Waals surface area contributed by atoms with Gasteiger partial charge in [-0.05, 0) is 0 Å². The van der Waals surface area contributed by atoms with E-state index < -0.39 is 0 Å². The summed E-state index contributed by atoms with van der Waals surface area (Å²) >= 11 is 0. The number of hydrogen-bond acceptors (Lipinski definition) is 3. The lowest BCUT2D eigenvalue weighted by Crippen LogP contribution is -1.99. The van der Waals surface area contributed by atoms with Crippen LogP contribution < -0.4 is 10.5 Å². The molecule has 0 atom stereocenters. The SMILES string of the molecule is COc1c(CN)ccc2cn[nH]c12. The number of fused-ring (bicyclic) bond motifs is 1. The summed E-state index contributed by atoms with van der Waals surface area (Å²) in [5.74, 6) is 0.789. The number of hydrogen-bond donors (Lipinski definition) is 2. The van der Waals surface area contributed by atoms with Crippen molar-refractivity contribution in [3.05, 3.63) is 23.9 Å². The molecular weight excluding hydrogens is 166 g/mol. The Kier molecular flexibility index (Phi) is 1.90. The third-order valence-electron chi connectivity index (χ3n) is 2.08. The highest BCUT2D eigenvalue weighted by molar-refractivity contribution is 5.85. The number of rotatable bonds is 2. The number of methoxy groups -OCH3 is 1. The van der Waals surface area contributed by atoms with Gasteiger partial charge < -0.3 is 10.5 Å². The van der Waals surface area contributed by atoms with Gasteiger partial charge >= 0.3 is 0 Å². The van der Waals surface area contributed by atoms with Crippen LogP contribution in [0.4, 0.5) is 0 Å². The van der Waals surface area contributed by atoms with Gasteiger partial charge in [-0.3, -0.25) is 5.10 Å². The van der Waals surface area contributed by atoms with Crippen LogP contribution in [-0.2, 0) is 6.54 Å². The molecule has 68 valence electrons. The molecule has 0 saturated heterocycles. The molecule has 0 aliphatic heterocycles. The van der Waals surface area contributed by atoms with Gasteiger partial charge in [0.25, 0.3) is 0 Å². The Hall–Kier alpha value is -1.55. The maximum Gasteiger partial charge on any atom is 0.148 e. The second-order valence-corrected chi connectivity index (χ2v) is 2.80. The molecule has 0 aliphatic carbocycles. The zero-order valence-electron chi connectivity index (χ0n) is 7.37. The van der Waals surface area contributed by atoms with Crippen LogP contribution in [0.25, 0.3) is 10.9 Å².